The molecule has 0 fully saturated rings. The Labute approximate surface area is 129 Å². The van der Waals surface area contributed by atoms with Crippen molar-refractivity contribution in [1.29, 1.82) is 0 Å². The molecule has 1 nitrogen and oxygen atoms in total. The predicted octanol–water partition coefficient (Wildman–Crippen LogP) is 5.21. The maximum absolute atomic E-state index is 7.38. The summed E-state index contributed by atoms with van der Waals surface area (Å²) in [7, 11) is 0. The van der Waals surface area contributed by atoms with Gasteiger partial charge in [-0.1, -0.05) is 0 Å². The fourth-order valence-corrected chi connectivity index (χ4v) is 7.44. The molecule has 0 N–H and O–H groups in total. The number of fused-ring (bicyclic) bond motifs is 3. The maximum atomic E-state index is 7.38. The quantitative estimate of drug-likeness (QED) is 0.376. The summed E-state index contributed by atoms with van der Waals surface area (Å²) in [5.41, 5.74) is 3.92. The van der Waals surface area contributed by atoms with Gasteiger partial charge in [0.25, 0.3) is 0 Å². The summed E-state index contributed by atoms with van der Waals surface area (Å²) >= 11 is -0.451. The Morgan fingerprint density at radius 1 is 1.00 bits per heavy atom. The summed E-state index contributed by atoms with van der Waals surface area (Å²) in [4.78, 5) is 3.72. The van der Waals surface area contributed by atoms with Crippen LogP contribution in [0.1, 0.15) is 31.9 Å². The monoisotopic (exact) mass is 377 g/mol. The average Bonchev–Trinajstić information content (AvgIpc) is 2.74. The Morgan fingerprint density at radius 2 is 1.70 bits per heavy atom. The van der Waals surface area contributed by atoms with Crippen LogP contribution in [0.15, 0.2) is 30.3 Å². The van der Waals surface area contributed by atoms with E-state index in [4.69, 9.17) is 6.57 Å². The van der Waals surface area contributed by atoms with E-state index >= 15 is 0 Å². The van der Waals surface area contributed by atoms with Gasteiger partial charge < -0.3 is 0 Å². The van der Waals surface area contributed by atoms with Gasteiger partial charge in [-0.05, 0) is 0 Å². The minimum atomic E-state index is -0.451. The predicted molar refractivity (Wildman–Crippen MR) is 88.1 cm³/mol. The standard InChI is InChI=1S/C18H17NTe/c1-11-9-10-13-12-7-6-8-14(19-5)16(12)20-17(13)15(11)18(2,3)4/h6-10H,1-4H3. The van der Waals surface area contributed by atoms with Gasteiger partial charge in [-0.25, -0.2) is 0 Å². The molecule has 0 saturated heterocycles. The number of rotatable bonds is 0. The van der Waals surface area contributed by atoms with Crippen LogP contribution in [0.3, 0.4) is 0 Å². The van der Waals surface area contributed by atoms with Crippen LogP contribution in [0.2, 0.25) is 0 Å². The van der Waals surface area contributed by atoms with Crippen molar-refractivity contribution in [2.24, 2.45) is 0 Å². The number of hydrogen-bond acceptors (Lipinski definition) is 0. The molecule has 3 aromatic rings. The van der Waals surface area contributed by atoms with Crippen LogP contribution in [0.25, 0.3) is 22.4 Å². The summed E-state index contributed by atoms with van der Waals surface area (Å²) < 4.78 is 2.88. The van der Waals surface area contributed by atoms with Crippen LogP contribution in [0.5, 0.6) is 0 Å². The first-order valence-electron chi connectivity index (χ1n) is 6.76. The molecule has 0 saturated carbocycles. The second kappa shape index (κ2) is 4.63. The molecule has 3 rings (SSSR count). The summed E-state index contributed by atoms with van der Waals surface area (Å²) in [6.45, 7) is 16.5. The molecule has 100 valence electrons. The van der Waals surface area contributed by atoms with E-state index in [-0.39, 0.29) is 5.41 Å². The van der Waals surface area contributed by atoms with Gasteiger partial charge >= 0.3 is 130 Å². The van der Waals surface area contributed by atoms with Gasteiger partial charge in [-0.2, -0.15) is 0 Å². The van der Waals surface area contributed by atoms with Crippen molar-refractivity contribution in [3.8, 4) is 0 Å². The molecule has 0 aliphatic rings. The first-order chi connectivity index (χ1) is 9.43. The van der Waals surface area contributed by atoms with E-state index in [0.29, 0.717) is 0 Å². The molecule has 2 heteroatoms. The van der Waals surface area contributed by atoms with E-state index in [1.807, 2.05) is 12.1 Å². The number of benzene rings is 2. The molecular formula is C18H17NTe. The van der Waals surface area contributed by atoms with Gasteiger partial charge in [0.1, 0.15) is 0 Å². The van der Waals surface area contributed by atoms with Gasteiger partial charge in [0.05, 0.1) is 0 Å². The third kappa shape index (κ3) is 1.98. The Kier molecular flexibility index (Phi) is 3.17. The van der Waals surface area contributed by atoms with Crippen molar-refractivity contribution in [3.05, 3.63) is 52.9 Å². The van der Waals surface area contributed by atoms with Crippen LogP contribution >= 0.6 is 0 Å². The van der Waals surface area contributed by atoms with Crippen molar-refractivity contribution < 1.29 is 0 Å². The average molecular weight is 375 g/mol. The van der Waals surface area contributed by atoms with E-state index in [0.717, 1.165) is 5.69 Å². The van der Waals surface area contributed by atoms with Crippen molar-refractivity contribution >= 4 is 43.7 Å². The third-order valence-corrected chi connectivity index (χ3v) is 7.33. The molecule has 1 aromatic heterocycles. The van der Waals surface area contributed by atoms with Crippen LogP contribution < -0.4 is 0 Å². The van der Waals surface area contributed by atoms with Gasteiger partial charge in [0.15, 0.2) is 0 Å². The first-order valence-corrected chi connectivity index (χ1v) is 9.09. The number of nitrogens with zero attached hydrogens (tertiary/aromatic N) is 1. The molecule has 0 unspecified atom stereocenters. The number of hydrogen-bond donors (Lipinski definition) is 0. The molecule has 1 heterocycles. The molecule has 0 amide bonds. The molecule has 0 spiro atoms. The van der Waals surface area contributed by atoms with Crippen molar-refractivity contribution in [1.82, 2.24) is 0 Å². The SMILES string of the molecule is [C-]#[N+]c1cccc2c1[te]c1c(C(C)(C)C)c(C)ccc12. The van der Waals surface area contributed by atoms with Crippen molar-refractivity contribution in [2.45, 2.75) is 33.1 Å². The number of aryl methyl sites for hydroxylation is 1. The Bertz CT molecular complexity index is 857. The molecule has 0 atom stereocenters. The van der Waals surface area contributed by atoms with Gasteiger partial charge in [-0.15, -0.1) is 0 Å². The van der Waals surface area contributed by atoms with E-state index in [2.05, 4.69) is 50.7 Å². The minimum absolute atomic E-state index is 0.167. The van der Waals surface area contributed by atoms with Crippen LogP contribution in [-0.4, -0.2) is 20.4 Å². The summed E-state index contributed by atoms with van der Waals surface area (Å²) in [5, 5.41) is 2.69. The molecule has 0 radical (unpaired) electrons. The molecule has 0 aliphatic heterocycles. The third-order valence-electron chi connectivity index (χ3n) is 3.73. The molecular weight excluding hydrogens is 358 g/mol. The second-order valence-electron chi connectivity index (χ2n) is 6.25. The zero-order valence-corrected chi connectivity index (χ0v) is 14.6. The zero-order valence-electron chi connectivity index (χ0n) is 12.2. The van der Waals surface area contributed by atoms with E-state index in [1.54, 1.807) is 3.40 Å². The fraction of sp³-hybridized carbons (Fsp3) is 0.278. The van der Waals surface area contributed by atoms with Gasteiger partial charge in [-0.3, -0.25) is 0 Å². The zero-order chi connectivity index (χ0) is 14.5. The normalized spacial score (nSPS) is 11.9. The van der Waals surface area contributed by atoms with Crippen LogP contribution in [-0.2, 0) is 5.41 Å². The molecule has 0 bridgehead atoms. The summed E-state index contributed by atoms with van der Waals surface area (Å²) in [6, 6.07) is 10.7. The first kappa shape index (κ1) is 13.7. The van der Waals surface area contributed by atoms with Crippen molar-refractivity contribution in [3.63, 3.8) is 0 Å². The van der Waals surface area contributed by atoms with E-state index < -0.39 is 20.4 Å². The summed E-state index contributed by atoms with van der Waals surface area (Å²) in [5.74, 6) is 0. The Morgan fingerprint density at radius 3 is 2.35 bits per heavy atom. The fourth-order valence-electron chi connectivity index (χ4n) is 2.97. The van der Waals surface area contributed by atoms with E-state index in [1.165, 1.54) is 25.3 Å². The second-order valence-corrected chi connectivity index (χ2v) is 9.16. The Balaban J connectivity index is 2.55. The molecule has 20 heavy (non-hydrogen) atoms. The topological polar surface area (TPSA) is 4.36 Å². The van der Waals surface area contributed by atoms with Crippen LogP contribution in [0.4, 0.5) is 5.69 Å². The van der Waals surface area contributed by atoms with Crippen molar-refractivity contribution in [2.75, 3.05) is 0 Å². The molecule has 2 aromatic carbocycles. The van der Waals surface area contributed by atoms with Gasteiger partial charge in [0.2, 0.25) is 0 Å². The van der Waals surface area contributed by atoms with E-state index in [9.17, 15) is 0 Å². The van der Waals surface area contributed by atoms with Crippen LogP contribution in [0, 0.1) is 13.5 Å². The van der Waals surface area contributed by atoms with Gasteiger partial charge in [0, 0.05) is 0 Å². The molecule has 0 aliphatic carbocycles. The summed E-state index contributed by atoms with van der Waals surface area (Å²) in [6.07, 6.45) is 0. The Hall–Kier alpha value is -1.28.